The molecular formula is C19H31N3O3. The molecule has 0 spiro atoms. The monoisotopic (exact) mass is 349 g/mol. The van der Waals surface area contributed by atoms with Crippen molar-refractivity contribution >= 4 is 11.8 Å². The third-order valence-electron chi connectivity index (χ3n) is 5.21. The van der Waals surface area contributed by atoms with Gasteiger partial charge in [-0.2, -0.15) is 0 Å². The third-order valence-corrected chi connectivity index (χ3v) is 5.21. The van der Waals surface area contributed by atoms with Crippen LogP contribution >= 0.6 is 0 Å². The maximum Gasteiger partial charge on any atom is 0.286 e. The maximum atomic E-state index is 12.1. The lowest BCUT2D eigenvalue weighted by atomic mass is 9.88. The lowest BCUT2D eigenvalue weighted by Gasteiger charge is -2.39. The van der Waals surface area contributed by atoms with Crippen LogP contribution in [0.4, 0.5) is 0 Å². The molecule has 0 radical (unpaired) electrons. The molecule has 6 nitrogen and oxygen atoms in total. The third kappa shape index (κ3) is 5.88. The minimum Gasteiger partial charge on any atom is -0.459 e. The smallest absolute Gasteiger partial charge is 0.286 e. The Morgan fingerprint density at radius 1 is 1.16 bits per heavy atom. The van der Waals surface area contributed by atoms with Crippen molar-refractivity contribution in [2.24, 2.45) is 0 Å². The zero-order valence-corrected chi connectivity index (χ0v) is 15.5. The second-order valence-corrected chi connectivity index (χ2v) is 7.15. The SMILES string of the molecule is CN(C)C1(CNC(=O)CCCNC(=O)c2ccco2)CCCCCC1. The second-order valence-electron chi connectivity index (χ2n) is 7.15. The van der Waals surface area contributed by atoms with Gasteiger partial charge in [0.2, 0.25) is 5.91 Å². The second kappa shape index (κ2) is 9.61. The van der Waals surface area contributed by atoms with E-state index in [4.69, 9.17) is 4.42 Å². The summed E-state index contributed by atoms with van der Waals surface area (Å²) in [5.74, 6) is 0.110. The van der Waals surface area contributed by atoms with Crippen molar-refractivity contribution in [2.75, 3.05) is 27.2 Å². The van der Waals surface area contributed by atoms with E-state index in [0.717, 1.165) is 12.8 Å². The summed E-state index contributed by atoms with van der Waals surface area (Å²) in [7, 11) is 4.23. The highest BCUT2D eigenvalue weighted by Crippen LogP contribution is 2.30. The van der Waals surface area contributed by atoms with Crippen LogP contribution in [0.5, 0.6) is 0 Å². The lowest BCUT2D eigenvalue weighted by molar-refractivity contribution is -0.121. The molecule has 2 rings (SSSR count). The van der Waals surface area contributed by atoms with E-state index in [-0.39, 0.29) is 17.4 Å². The molecule has 1 aromatic rings. The van der Waals surface area contributed by atoms with Crippen LogP contribution in [0.25, 0.3) is 0 Å². The normalized spacial score (nSPS) is 17.1. The van der Waals surface area contributed by atoms with Crippen molar-refractivity contribution < 1.29 is 14.0 Å². The number of amides is 2. The van der Waals surface area contributed by atoms with Crippen LogP contribution in [-0.2, 0) is 4.79 Å². The Hall–Kier alpha value is -1.82. The van der Waals surface area contributed by atoms with Gasteiger partial charge in [-0.15, -0.1) is 0 Å². The van der Waals surface area contributed by atoms with E-state index >= 15 is 0 Å². The van der Waals surface area contributed by atoms with Crippen molar-refractivity contribution in [1.29, 1.82) is 0 Å². The Kier molecular flexibility index (Phi) is 7.50. The average Bonchev–Trinajstić information content (AvgIpc) is 3.02. The molecule has 0 atom stereocenters. The quantitative estimate of drug-likeness (QED) is 0.559. The van der Waals surface area contributed by atoms with Crippen LogP contribution in [0.15, 0.2) is 22.8 Å². The molecule has 0 saturated heterocycles. The Morgan fingerprint density at radius 2 is 1.88 bits per heavy atom. The Bertz CT molecular complexity index is 532. The molecule has 1 aliphatic rings. The van der Waals surface area contributed by atoms with E-state index in [1.54, 1.807) is 12.1 Å². The van der Waals surface area contributed by atoms with Crippen LogP contribution in [0.1, 0.15) is 61.9 Å². The molecule has 1 fully saturated rings. The van der Waals surface area contributed by atoms with Crippen molar-refractivity contribution in [1.82, 2.24) is 15.5 Å². The topological polar surface area (TPSA) is 74.6 Å². The van der Waals surface area contributed by atoms with Crippen LogP contribution in [-0.4, -0.2) is 49.4 Å². The van der Waals surface area contributed by atoms with Crippen molar-refractivity contribution in [3.8, 4) is 0 Å². The molecule has 2 amide bonds. The van der Waals surface area contributed by atoms with Gasteiger partial charge in [-0.1, -0.05) is 25.7 Å². The zero-order chi connectivity index (χ0) is 18.1. The van der Waals surface area contributed by atoms with Gasteiger partial charge in [0.1, 0.15) is 0 Å². The van der Waals surface area contributed by atoms with Gasteiger partial charge in [-0.05, 0) is 45.5 Å². The fraction of sp³-hybridized carbons (Fsp3) is 0.684. The molecule has 140 valence electrons. The first-order chi connectivity index (χ1) is 12.0. The first kappa shape index (κ1) is 19.5. The molecule has 1 aromatic heterocycles. The fourth-order valence-corrected chi connectivity index (χ4v) is 3.47. The van der Waals surface area contributed by atoms with Crippen LogP contribution in [0.2, 0.25) is 0 Å². The van der Waals surface area contributed by atoms with Gasteiger partial charge in [-0.3, -0.25) is 9.59 Å². The fourth-order valence-electron chi connectivity index (χ4n) is 3.47. The summed E-state index contributed by atoms with van der Waals surface area (Å²) < 4.78 is 5.03. The van der Waals surface area contributed by atoms with E-state index < -0.39 is 0 Å². The van der Waals surface area contributed by atoms with E-state index in [1.165, 1.54) is 31.9 Å². The number of nitrogens with zero attached hydrogens (tertiary/aromatic N) is 1. The molecule has 6 heteroatoms. The van der Waals surface area contributed by atoms with Gasteiger partial charge in [-0.25, -0.2) is 0 Å². The molecule has 1 aliphatic carbocycles. The highest BCUT2D eigenvalue weighted by Gasteiger charge is 2.33. The molecule has 1 saturated carbocycles. The molecule has 2 N–H and O–H groups in total. The first-order valence-corrected chi connectivity index (χ1v) is 9.29. The molecule has 25 heavy (non-hydrogen) atoms. The molecule has 0 aliphatic heterocycles. The van der Waals surface area contributed by atoms with Gasteiger partial charge >= 0.3 is 0 Å². The predicted molar refractivity (Wildman–Crippen MR) is 97.4 cm³/mol. The highest BCUT2D eigenvalue weighted by atomic mass is 16.3. The van der Waals surface area contributed by atoms with Crippen molar-refractivity contribution in [3.05, 3.63) is 24.2 Å². The average molecular weight is 349 g/mol. The largest absolute Gasteiger partial charge is 0.459 e. The summed E-state index contributed by atoms with van der Waals surface area (Å²) in [6.07, 6.45) is 9.82. The van der Waals surface area contributed by atoms with E-state index in [9.17, 15) is 9.59 Å². The summed E-state index contributed by atoms with van der Waals surface area (Å²) in [5, 5.41) is 5.87. The zero-order valence-electron chi connectivity index (χ0n) is 15.5. The Balaban J connectivity index is 1.68. The van der Waals surface area contributed by atoms with Gasteiger partial charge in [0.05, 0.1) is 6.26 Å². The minimum atomic E-state index is -0.240. The number of nitrogens with one attached hydrogen (secondary N) is 2. The van der Waals surface area contributed by atoms with Gasteiger partial charge in [0.25, 0.3) is 5.91 Å². The number of carbonyl (C=O) groups excluding carboxylic acids is 2. The van der Waals surface area contributed by atoms with E-state index in [1.807, 2.05) is 0 Å². The number of furan rings is 1. The molecule has 0 bridgehead atoms. The maximum absolute atomic E-state index is 12.1. The molecule has 0 unspecified atom stereocenters. The number of hydrogen-bond donors (Lipinski definition) is 2. The summed E-state index contributed by atoms with van der Waals surface area (Å²) >= 11 is 0. The van der Waals surface area contributed by atoms with Crippen molar-refractivity contribution in [2.45, 2.75) is 56.9 Å². The summed E-state index contributed by atoms with van der Waals surface area (Å²) in [5.41, 5.74) is 0.0830. The number of hydrogen-bond acceptors (Lipinski definition) is 4. The molecular weight excluding hydrogens is 318 g/mol. The number of carbonyl (C=O) groups is 2. The van der Waals surface area contributed by atoms with Crippen LogP contribution < -0.4 is 10.6 Å². The first-order valence-electron chi connectivity index (χ1n) is 9.29. The van der Waals surface area contributed by atoms with Gasteiger partial charge in [0, 0.05) is 25.0 Å². The van der Waals surface area contributed by atoms with Gasteiger partial charge in [0.15, 0.2) is 5.76 Å². The minimum absolute atomic E-state index is 0.0534. The van der Waals surface area contributed by atoms with E-state index in [2.05, 4.69) is 29.6 Å². The summed E-state index contributed by atoms with van der Waals surface area (Å²) in [6, 6.07) is 3.30. The molecule has 0 aromatic carbocycles. The standard InChI is InChI=1S/C19H31N3O3/c1-22(2)19(11-5-3-4-6-12-19)15-21-17(23)10-7-13-20-18(24)16-9-8-14-25-16/h8-9,14H,3-7,10-13,15H2,1-2H3,(H,20,24)(H,21,23). The summed E-state index contributed by atoms with van der Waals surface area (Å²) in [6.45, 7) is 1.17. The van der Waals surface area contributed by atoms with Crippen LogP contribution in [0, 0.1) is 0 Å². The number of rotatable bonds is 8. The Morgan fingerprint density at radius 3 is 2.48 bits per heavy atom. The number of likely N-dealkylation sites (N-methyl/N-ethyl adjacent to an activating group) is 1. The molecule has 1 heterocycles. The van der Waals surface area contributed by atoms with Gasteiger partial charge < -0.3 is 20.0 Å². The highest BCUT2D eigenvalue weighted by molar-refractivity contribution is 5.91. The van der Waals surface area contributed by atoms with Crippen LogP contribution in [0.3, 0.4) is 0 Å². The van der Waals surface area contributed by atoms with Crippen molar-refractivity contribution in [3.63, 3.8) is 0 Å². The van der Waals surface area contributed by atoms with E-state index in [0.29, 0.717) is 31.7 Å². The Labute approximate surface area is 150 Å². The predicted octanol–water partition coefficient (Wildman–Crippen LogP) is 2.56. The lowest BCUT2D eigenvalue weighted by Crippen LogP contribution is -2.52. The summed E-state index contributed by atoms with van der Waals surface area (Å²) in [4.78, 5) is 26.2.